The van der Waals surface area contributed by atoms with E-state index in [1.54, 1.807) is 72.9 Å². The Morgan fingerprint density at radius 2 is 1.71 bits per heavy atom. The topological polar surface area (TPSA) is 224 Å². The van der Waals surface area contributed by atoms with E-state index in [4.69, 9.17) is 19.2 Å². The molecule has 1 aliphatic heterocycles. The number of nitrogens with zero attached hydrogens (tertiary/aromatic N) is 3. The molecule has 4 N–H and O–H groups in total. The van der Waals surface area contributed by atoms with Crippen LogP contribution in [-0.2, 0) is 33.9 Å². The standard InChI is InChI=1S/C44H53N7O10S2/c1-11-27-22-44(27,39(55)50-63(57,58)37-24(2)62-40(48-37)45-25(3)52)49-36(53)33-20-29(23-51(33)38(54)35(42(4,5)6)47-41(56)61-43(7,8)9)60-34-21-31(26-15-13-12-14-16-26)46-32-19-28(59-10)17-18-30(32)34/h11-19,21,27,29,33,35H,1,20,22-23H2,2-10H3,(H,47,56)(H,49,53)(H,50,55)(H,45,48,52). The maximum atomic E-state index is 14.8. The summed E-state index contributed by atoms with van der Waals surface area (Å²) in [5.74, 6) is -2.54. The average Bonchev–Trinajstić information content (AvgIpc) is 3.53. The normalized spacial score (nSPS) is 20.3. The number of benzene rings is 2. The SMILES string of the molecule is C=CC1CC1(NC(=O)C1CC(Oc2cc(-c3ccccc3)nc3cc(OC)ccc23)CN1C(=O)C(NC(=O)OC(C)(C)C)C(C)(C)C)C(=O)NS(=O)(=O)c1nc(NC(C)=O)sc1C. The fourth-order valence-corrected chi connectivity index (χ4v) is 9.77. The molecule has 0 spiro atoms. The largest absolute Gasteiger partial charge is 0.497 e. The van der Waals surface area contributed by atoms with Crippen LogP contribution in [0.15, 0.2) is 72.3 Å². The first-order valence-electron chi connectivity index (χ1n) is 20.2. The quantitative estimate of drug-likeness (QED) is 0.122. The summed E-state index contributed by atoms with van der Waals surface area (Å²) in [6, 6.07) is 14.2. The van der Waals surface area contributed by atoms with Gasteiger partial charge in [0.1, 0.15) is 40.8 Å². The summed E-state index contributed by atoms with van der Waals surface area (Å²) in [7, 11) is -3.04. The number of carbonyl (C=O) groups excluding carboxylic acids is 5. The van der Waals surface area contributed by atoms with Gasteiger partial charge >= 0.3 is 6.09 Å². The van der Waals surface area contributed by atoms with Crippen molar-refractivity contribution < 1.29 is 46.6 Å². The number of carbonyl (C=O) groups is 5. The summed E-state index contributed by atoms with van der Waals surface area (Å²) >= 11 is 0.915. The number of methoxy groups -OCH3 is 1. The maximum absolute atomic E-state index is 14.8. The lowest BCUT2D eigenvalue weighted by molar-refractivity contribution is -0.143. The zero-order chi connectivity index (χ0) is 46.2. The molecule has 336 valence electrons. The minimum Gasteiger partial charge on any atom is -0.497 e. The van der Waals surface area contributed by atoms with E-state index in [-0.39, 0.29) is 29.4 Å². The number of nitrogens with one attached hydrogen (secondary N) is 4. The molecule has 2 aliphatic rings. The Kier molecular flexibility index (Phi) is 13.0. The molecule has 1 aliphatic carbocycles. The maximum Gasteiger partial charge on any atom is 0.408 e. The number of aromatic nitrogens is 2. The summed E-state index contributed by atoms with van der Waals surface area (Å²) < 4.78 is 46.9. The molecule has 4 aromatic rings. The van der Waals surface area contributed by atoms with Crippen LogP contribution in [0.25, 0.3) is 22.2 Å². The second-order valence-electron chi connectivity index (χ2n) is 17.7. The molecule has 5 atom stereocenters. The van der Waals surface area contributed by atoms with Gasteiger partial charge in [-0.2, -0.15) is 8.42 Å². The molecule has 0 bridgehead atoms. The van der Waals surface area contributed by atoms with Crippen LogP contribution in [0.2, 0.25) is 0 Å². The predicted molar refractivity (Wildman–Crippen MR) is 237 cm³/mol. The zero-order valence-electron chi connectivity index (χ0n) is 36.7. The molecule has 1 saturated carbocycles. The second kappa shape index (κ2) is 17.6. The van der Waals surface area contributed by atoms with Crippen LogP contribution in [0.3, 0.4) is 0 Å². The molecule has 5 amide bonds. The molecular formula is C44H53N7O10S2. The predicted octanol–water partition coefficient (Wildman–Crippen LogP) is 5.49. The number of alkyl carbamates (subject to hydrolysis) is 1. The molecule has 63 heavy (non-hydrogen) atoms. The number of hydrogen-bond acceptors (Lipinski definition) is 13. The zero-order valence-corrected chi connectivity index (χ0v) is 38.3. The van der Waals surface area contributed by atoms with E-state index in [2.05, 4.69) is 32.2 Å². The van der Waals surface area contributed by atoms with Gasteiger partial charge in [-0.05, 0) is 51.7 Å². The van der Waals surface area contributed by atoms with E-state index in [0.29, 0.717) is 28.1 Å². The van der Waals surface area contributed by atoms with Crippen molar-refractivity contribution in [3.63, 3.8) is 0 Å². The van der Waals surface area contributed by atoms with Gasteiger partial charge in [-0.15, -0.1) is 17.9 Å². The van der Waals surface area contributed by atoms with Crippen LogP contribution in [-0.4, -0.2) is 96.0 Å². The van der Waals surface area contributed by atoms with Gasteiger partial charge in [0.15, 0.2) is 10.2 Å². The molecule has 0 radical (unpaired) electrons. The Labute approximate surface area is 370 Å². The van der Waals surface area contributed by atoms with E-state index in [9.17, 15) is 32.4 Å². The van der Waals surface area contributed by atoms with Crippen molar-refractivity contribution in [3.05, 3.63) is 72.1 Å². The molecule has 1 saturated heterocycles. The third kappa shape index (κ3) is 10.4. The van der Waals surface area contributed by atoms with E-state index in [1.165, 1.54) is 24.8 Å². The number of pyridine rings is 1. The number of ether oxygens (including phenoxy) is 3. The van der Waals surface area contributed by atoms with Crippen molar-refractivity contribution in [1.82, 2.24) is 30.2 Å². The Morgan fingerprint density at radius 3 is 2.32 bits per heavy atom. The van der Waals surface area contributed by atoms with Gasteiger partial charge in [0.25, 0.3) is 15.9 Å². The minimum atomic E-state index is -4.59. The fourth-order valence-electron chi connectivity index (χ4n) is 7.39. The molecule has 19 heteroatoms. The van der Waals surface area contributed by atoms with Crippen LogP contribution >= 0.6 is 11.3 Å². The second-order valence-corrected chi connectivity index (χ2v) is 20.5. The van der Waals surface area contributed by atoms with Gasteiger partial charge in [0, 0.05) is 47.2 Å². The number of sulfonamides is 1. The van der Waals surface area contributed by atoms with Crippen LogP contribution < -0.4 is 30.1 Å². The highest BCUT2D eigenvalue weighted by molar-refractivity contribution is 7.90. The first kappa shape index (κ1) is 46.4. The summed E-state index contributed by atoms with van der Waals surface area (Å²) in [5, 5.41) is 8.13. The van der Waals surface area contributed by atoms with Crippen molar-refractivity contribution in [2.75, 3.05) is 19.0 Å². The summed E-state index contributed by atoms with van der Waals surface area (Å²) in [6.45, 7) is 16.8. The summed E-state index contributed by atoms with van der Waals surface area (Å²) in [5.41, 5.74) is -1.52. The van der Waals surface area contributed by atoms with E-state index in [0.717, 1.165) is 16.9 Å². The van der Waals surface area contributed by atoms with E-state index < -0.39 is 85.4 Å². The van der Waals surface area contributed by atoms with Crippen molar-refractivity contribution in [2.45, 2.75) is 103 Å². The summed E-state index contributed by atoms with van der Waals surface area (Å²) in [4.78, 5) is 78.6. The van der Waals surface area contributed by atoms with Crippen LogP contribution in [0, 0.1) is 18.3 Å². The number of amides is 5. The van der Waals surface area contributed by atoms with Gasteiger partial charge in [-0.3, -0.25) is 19.2 Å². The van der Waals surface area contributed by atoms with Gasteiger partial charge in [-0.25, -0.2) is 19.5 Å². The molecule has 2 aromatic carbocycles. The lowest BCUT2D eigenvalue weighted by atomic mass is 9.85. The van der Waals surface area contributed by atoms with Crippen LogP contribution in [0.5, 0.6) is 11.5 Å². The van der Waals surface area contributed by atoms with E-state index in [1.807, 2.05) is 30.3 Å². The number of fused-ring (bicyclic) bond motifs is 1. The van der Waals surface area contributed by atoms with E-state index >= 15 is 0 Å². The Hall–Kier alpha value is -6.08. The summed E-state index contributed by atoms with van der Waals surface area (Å²) in [6.07, 6.45) is -0.239. The highest BCUT2D eigenvalue weighted by atomic mass is 32.2. The van der Waals surface area contributed by atoms with Gasteiger partial charge in [-0.1, -0.05) is 57.2 Å². The monoisotopic (exact) mass is 903 g/mol. The Bertz CT molecular complexity index is 2570. The van der Waals surface area contributed by atoms with Crippen molar-refractivity contribution in [3.8, 4) is 22.8 Å². The van der Waals surface area contributed by atoms with Gasteiger partial charge in [0.05, 0.1) is 24.9 Å². The van der Waals surface area contributed by atoms with Gasteiger partial charge in [0.2, 0.25) is 17.7 Å². The Balaban J connectivity index is 1.34. The first-order chi connectivity index (χ1) is 29.4. The number of aryl methyl sites for hydroxylation is 1. The fraction of sp³-hybridized carbons (Fsp3) is 0.432. The van der Waals surface area contributed by atoms with Crippen molar-refractivity contribution in [1.29, 1.82) is 0 Å². The van der Waals surface area contributed by atoms with Crippen LogP contribution in [0.4, 0.5) is 9.93 Å². The highest BCUT2D eigenvalue weighted by Crippen LogP contribution is 2.45. The molecule has 5 unspecified atom stereocenters. The Morgan fingerprint density at radius 1 is 1.02 bits per heavy atom. The van der Waals surface area contributed by atoms with Crippen molar-refractivity contribution >= 4 is 67.1 Å². The molecule has 6 rings (SSSR count). The minimum absolute atomic E-state index is 0.0108. The molecular weight excluding hydrogens is 851 g/mol. The lowest BCUT2D eigenvalue weighted by Gasteiger charge is -2.36. The third-order valence-electron chi connectivity index (χ3n) is 10.5. The first-order valence-corrected chi connectivity index (χ1v) is 22.5. The highest BCUT2D eigenvalue weighted by Gasteiger charge is 2.62. The molecule has 2 aromatic heterocycles. The van der Waals surface area contributed by atoms with Gasteiger partial charge < -0.3 is 35.1 Å². The smallest absolute Gasteiger partial charge is 0.408 e. The number of hydrogen-bond donors (Lipinski definition) is 4. The molecule has 2 fully saturated rings. The number of rotatable bonds is 13. The third-order valence-corrected chi connectivity index (χ3v) is 12.9. The average molecular weight is 904 g/mol. The number of likely N-dealkylation sites (tertiary alicyclic amines) is 1. The lowest BCUT2D eigenvalue weighted by Crippen LogP contribution is -2.60. The molecule has 17 nitrogen and oxygen atoms in total. The molecule has 3 heterocycles. The number of anilines is 1. The van der Waals surface area contributed by atoms with Crippen molar-refractivity contribution in [2.24, 2.45) is 11.3 Å². The number of thiazole rings is 1. The van der Waals surface area contributed by atoms with Crippen LogP contribution in [0.1, 0.15) is 66.2 Å².